The summed E-state index contributed by atoms with van der Waals surface area (Å²) in [7, 11) is 0. The second-order valence-electron chi connectivity index (χ2n) is 6.01. The fourth-order valence-corrected chi connectivity index (χ4v) is 3.96. The number of rotatable bonds is 1. The normalized spacial score (nSPS) is 28.2. The fraction of sp³-hybridized carbons (Fsp3) is 0.917. The molecule has 0 radical (unpaired) electrons. The van der Waals surface area contributed by atoms with Crippen molar-refractivity contribution in [1.29, 1.82) is 0 Å². The first-order valence-corrected chi connectivity index (χ1v) is 6.80. The zero-order valence-electron chi connectivity index (χ0n) is 10.6. The summed E-state index contributed by atoms with van der Waals surface area (Å²) in [6.45, 7) is 5.89. The molecular formula is C12H19F2NOS. The molecule has 0 amide bonds. The van der Waals surface area contributed by atoms with E-state index < -0.39 is 11.5 Å². The zero-order valence-corrected chi connectivity index (χ0v) is 11.4. The minimum atomic E-state index is -2.63. The molecule has 5 heteroatoms. The van der Waals surface area contributed by atoms with Crippen molar-refractivity contribution < 1.29 is 13.6 Å². The lowest BCUT2D eigenvalue weighted by Gasteiger charge is -2.59. The molecule has 0 atom stereocenters. The van der Waals surface area contributed by atoms with E-state index >= 15 is 0 Å². The van der Waals surface area contributed by atoms with E-state index in [9.17, 15) is 13.6 Å². The van der Waals surface area contributed by atoms with Gasteiger partial charge in [-0.05, 0) is 33.6 Å². The molecule has 1 spiro atoms. The third-order valence-electron chi connectivity index (χ3n) is 3.52. The Bertz CT molecular complexity index is 328. The lowest BCUT2D eigenvalue weighted by molar-refractivity contribution is -0.217. The van der Waals surface area contributed by atoms with Gasteiger partial charge in [0.2, 0.25) is 0 Å². The first-order chi connectivity index (χ1) is 7.66. The maximum atomic E-state index is 13.9. The van der Waals surface area contributed by atoms with E-state index in [1.807, 2.05) is 25.1 Å². The molecule has 1 aliphatic carbocycles. The molecule has 1 saturated carbocycles. The van der Waals surface area contributed by atoms with Gasteiger partial charge in [-0.25, -0.2) is 13.1 Å². The second kappa shape index (κ2) is 3.92. The highest BCUT2D eigenvalue weighted by atomic mass is 32.2. The summed E-state index contributed by atoms with van der Waals surface area (Å²) in [5, 5.41) is 0. The second-order valence-corrected chi connectivity index (χ2v) is 7.86. The number of nitrogens with zero attached hydrogens (tertiary/aromatic N) is 1. The molecule has 2 fully saturated rings. The maximum absolute atomic E-state index is 13.9. The average Bonchev–Trinajstić information content (AvgIpc) is 2.15. The van der Waals surface area contributed by atoms with Gasteiger partial charge in [0.05, 0.1) is 12.1 Å². The van der Waals surface area contributed by atoms with E-state index in [0.717, 1.165) is 0 Å². The molecule has 0 bridgehead atoms. The Morgan fingerprint density at radius 1 is 1.24 bits per heavy atom. The van der Waals surface area contributed by atoms with Gasteiger partial charge >= 0.3 is 0 Å². The number of Topliss-reactive ketones (excluding diaryl/α,β-unsaturated/α-hetero) is 1. The highest BCUT2D eigenvalue weighted by Gasteiger charge is 2.68. The minimum Gasteiger partial charge on any atom is -0.300 e. The summed E-state index contributed by atoms with van der Waals surface area (Å²) in [5.41, 5.74) is -1.06. The molecule has 0 aromatic heterocycles. The lowest BCUT2D eigenvalue weighted by atomic mass is 9.71. The van der Waals surface area contributed by atoms with Gasteiger partial charge in [0.25, 0.3) is 5.92 Å². The van der Waals surface area contributed by atoms with Crippen molar-refractivity contribution in [2.24, 2.45) is 0 Å². The van der Waals surface area contributed by atoms with Crippen LogP contribution in [0, 0.1) is 0 Å². The smallest absolute Gasteiger partial charge is 0.280 e. The average molecular weight is 263 g/mol. The molecular weight excluding hydrogens is 244 g/mol. The van der Waals surface area contributed by atoms with Gasteiger partial charge < -0.3 is 0 Å². The Kier molecular flexibility index (Phi) is 3.06. The van der Waals surface area contributed by atoms with E-state index in [1.54, 1.807) is 0 Å². The van der Waals surface area contributed by atoms with Crippen LogP contribution in [0.4, 0.5) is 8.78 Å². The van der Waals surface area contributed by atoms with E-state index in [0.29, 0.717) is 25.7 Å². The number of halogens is 2. The van der Waals surface area contributed by atoms with Crippen LogP contribution >= 0.6 is 11.9 Å². The summed E-state index contributed by atoms with van der Waals surface area (Å²) >= 11 is 1.49. The summed E-state index contributed by atoms with van der Waals surface area (Å²) in [5.74, 6) is -2.51. The summed E-state index contributed by atoms with van der Waals surface area (Å²) in [4.78, 5) is 11.2. The van der Waals surface area contributed by atoms with Crippen LogP contribution in [0.2, 0.25) is 0 Å². The summed E-state index contributed by atoms with van der Waals surface area (Å²) < 4.78 is 29.5. The maximum Gasteiger partial charge on any atom is 0.280 e. The van der Waals surface area contributed by atoms with Crippen LogP contribution in [-0.4, -0.2) is 32.8 Å². The molecule has 1 heterocycles. The minimum absolute atomic E-state index is 0.0645. The number of carbonyl (C=O) groups is 1. The monoisotopic (exact) mass is 263 g/mol. The van der Waals surface area contributed by atoms with Crippen molar-refractivity contribution in [2.45, 2.75) is 62.7 Å². The van der Waals surface area contributed by atoms with Crippen LogP contribution in [0.15, 0.2) is 0 Å². The van der Waals surface area contributed by atoms with Crippen LogP contribution in [0.3, 0.4) is 0 Å². The molecule has 2 rings (SSSR count). The number of hydrogen-bond donors (Lipinski definition) is 0. The Morgan fingerprint density at radius 3 is 2.18 bits per heavy atom. The zero-order chi connectivity index (χ0) is 12.9. The molecule has 17 heavy (non-hydrogen) atoms. The molecule has 98 valence electrons. The predicted molar refractivity (Wildman–Crippen MR) is 65.2 cm³/mol. The highest BCUT2D eigenvalue weighted by molar-refractivity contribution is 7.98. The first-order valence-electron chi connectivity index (χ1n) is 6.03. The van der Waals surface area contributed by atoms with E-state index in [2.05, 4.69) is 0 Å². The topological polar surface area (TPSA) is 20.3 Å². The Morgan fingerprint density at radius 2 is 1.76 bits per heavy atom. The van der Waals surface area contributed by atoms with Crippen molar-refractivity contribution >= 4 is 17.7 Å². The quantitative estimate of drug-likeness (QED) is 0.677. The third kappa shape index (κ3) is 2.24. The Balaban J connectivity index is 2.13. The Labute approximate surface area is 105 Å². The van der Waals surface area contributed by atoms with Gasteiger partial charge in [-0.3, -0.25) is 4.79 Å². The van der Waals surface area contributed by atoms with E-state index in [-0.39, 0.29) is 17.1 Å². The molecule has 0 N–H and O–H groups in total. The lowest BCUT2D eigenvalue weighted by Crippen LogP contribution is -2.74. The number of ketones is 1. The van der Waals surface area contributed by atoms with Crippen LogP contribution in [0.5, 0.6) is 0 Å². The largest absolute Gasteiger partial charge is 0.300 e. The summed E-state index contributed by atoms with van der Waals surface area (Å²) in [6.07, 6.45) is 1.22. The fourth-order valence-electron chi connectivity index (χ4n) is 2.58. The van der Waals surface area contributed by atoms with Crippen LogP contribution in [0.1, 0.15) is 46.5 Å². The number of carbonyl (C=O) groups excluding carboxylic acids is 1. The van der Waals surface area contributed by atoms with Gasteiger partial charge in [0, 0.05) is 17.6 Å². The number of hydrogen-bond acceptors (Lipinski definition) is 3. The van der Waals surface area contributed by atoms with E-state index in [1.165, 1.54) is 11.9 Å². The predicted octanol–water partition coefficient (Wildman–Crippen LogP) is 3.27. The van der Waals surface area contributed by atoms with Gasteiger partial charge in [-0.15, -0.1) is 0 Å². The Hall–Kier alpha value is -0.160. The van der Waals surface area contributed by atoms with Gasteiger partial charge in [0.1, 0.15) is 5.78 Å². The molecule has 0 aromatic rings. The van der Waals surface area contributed by atoms with Crippen LogP contribution in [-0.2, 0) is 4.79 Å². The van der Waals surface area contributed by atoms with Crippen LogP contribution < -0.4 is 0 Å². The molecule has 1 aliphatic heterocycles. The summed E-state index contributed by atoms with van der Waals surface area (Å²) in [6, 6.07) is 0. The highest BCUT2D eigenvalue weighted by Crippen LogP contribution is 2.56. The molecule has 1 saturated heterocycles. The van der Waals surface area contributed by atoms with Gasteiger partial charge in [0.15, 0.2) is 0 Å². The van der Waals surface area contributed by atoms with Crippen molar-refractivity contribution in [3.63, 3.8) is 0 Å². The van der Waals surface area contributed by atoms with Gasteiger partial charge in [-0.2, -0.15) is 0 Å². The molecule has 2 nitrogen and oxygen atoms in total. The SMILES string of the molecule is CC(C)(C)SN1CC(F)(F)C12CCC(=O)CC2. The molecule has 0 aromatic carbocycles. The first kappa shape index (κ1) is 13.3. The standard InChI is InChI=1S/C12H19F2NOS/c1-10(2,3)17-15-8-12(13,14)11(15)6-4-9(16)5-7-11/h4-8H2,1-3H3. The van der Waals surface area contributed by atoms with Crippen molar-refractivity contribution in [2.75, 3.05) is 6.54 Å². The molecule has 2 aliphatic rings. The van der Waals surface area contributed by atoms with E-state index in [4.69, 9.17) is 0 Å². The van der Waals surface area contributed by atoms with Gasteiger partial charge in [-0.1, -0.05) is 11.9 Å². The van der Waals surface area contributed by atoms with Crippen LogP contribution in [0.25, 0.3) is 0 Å². The third-order valence-corrected chi connectivity index (χ3v) is 4.77. The van der Waals surface area contributed by atoms with Crippen molar-refractivity contribution in [3.05, 3.63) is 0 Å². The number of alkyl halides is 2. The molecule has 0 unspecified atom stereocenters. The van der Waals surface area contributed by atoms with Crippen molar-refractivity contribution in [3.8, 4) is 0 Å². The van der Waals surface area contributed by atoms with Crippen molar-refractivity contribution in [1.82, 2.24) is 4.31 Å².